The van der Waals surface area contributed by atoms with Crippen LogP contribution in [0.25, 0.3) is 0 Å². The Kier molecular flexibility index (Phi) is 7.52. The Bertz CT molecular complexity index is 1470. The van der Waals surface area contributed by atoms with E-state index in [4.69, 9.17) is 14.2 Å². The number of hydrogen-bond acceptors (Lipinski definition) is 9. The third-order valence-corrected chi connectivity index (χ3v) is 5.05. The molecule has 4 aromatic carbocycles. The molecule has 13 heteroatoms. The standard InChI is InChI=1S/C26H14F2N2O9/c27-17-3-7-19(8-4-17)37-23-11-1-15(13-21(23)29(33)34)25(31)39-26(32)16-2-12-24(22(14-16)30(35)36)38-20-9-5-18(28)6-10-20/h1-14H. The lowest BCUT2D eigenvalue weighted by Gasteiger charge is -2.09. The average molecular weight is 536 g/mol. The monoisotopic (exact) mass is 536 g/mol. The Morgan fingerprint density at radius 3 is 1.28 bits per heavy atom. The molecule has 0 aromatic heterocycles. The molecule has 4 aromatic rings. The second kappa shape index (κ2) is 11.1. The molecule has 0 fully saturated rings. The van der Waals surface area contributed by atoms with Crippen molar-refractivity contribution in [2.24, 2.45) is 0 Å². The number of ether oxygens (including phenoxy) is 3. The van der Waals surface area contributed by atoms with Crippen LogP contribution in [-0.4, -0.2) is 21.8 Å². The van der Waals surface area contributed by atoms with Gasteiger partial charge in [-0.15, -0.1) is 0 Å². The van der Waals surface area contributed by atoms with Gasteiger partial charge in [-0.3, -0.25) is 20.2 Å². The van der Waals surface area contributed by atoms with Gasteiger partial charge in [-0.25, -0.2) is 18.4 Å². The summed E-state index contributed by atoms with van der Waals surface area (Å²) in [6.07, 6.45) is 0. The summed E-state index contributed by atoms with van der Waals surface area (Å²) in [7, 11) is 0. The zero-order valence-electron chi connectivity index (χ0n) is 19.4. The lowest BCUT2D eigenvalue weighted by atomic mass is 10.1. The largest absolute Gasteiger partial charge is 0.450 e. The Morgan fingerprint density at radius 2 is 0.949 bits per heavy atom. The first kappa shape index (κ1) is 26.3. The molecule has 0 saturated heterocycles. The van der Waals surface area contributed by atoms with E-state index in [2.05, 4.69) is 0 Å². The minimum atomic E-state index is -1.27. The molecule has 0 aliphatic rings. The Balaban J connectivity index is 1.52. The predicted octanol–water partition coefficient (Wildman–Crippen LogP) is 6.36. The zero-order chi connectivity index (χ0) is 28.1. The lowest BCUT2D eigenvalue weighted by Crippen LogP contribution is -2.13. The molecule has 0 amide bonds. The first-order valence-electron chi connectivity index (χ1n) is 10.8. The SMILES string of the molecule is O=C(OC(=O)c1ccc(Oc2ccc(F)cc2)c([N+](=O)[O-])c1)c1ccc(Oc2ccc(F)cc2)c([N+](=O)[O-])c1. The van der Waals surface area contributed by atoms with E-state index in [-0.39, 0.29) is 34.1 Å². The van der Waals surface area contributed by atoms with Gasteiger partial charge in [0, 0.05) is 12.1 Å². The number of rotatable bonds is 8. The topological polar surface area (TPSA) is 148 Å². The van der Waals surface area contributed by atoms with Crippen LogP contribution in [0.1, 0.15) is 20.7 Å². The van der Waals surface area contributed by atoms with Crippen LogP contribution in [0.3, 0.4) is 0 Å². The molecule has 0 saturated carbocycles. The minimum absolute atomic E-state index is 0.0958. The normalized spacial score (nSPS) is 10.4. The number of nitrogens with zero attached hydrogens (tertiary/aromatic N) is 2. The predicted molar refractivity (Wildman–Crippen MR) is 129 cm³/mol. The number of benzene rings is 4. The van der Waals surface area contributed by atoms with Gasteiger partial charge in [-0.2, -0.15) is 0 Å². The molecule has 0 aliphatic carbocycles. The summed E-state index contributed by atoms with van der Waals surface area (Å²) in [5, 5.41) is 23.0. The molecule has 39 heavy (non-hydrogen) atoms. The summed E-state index contributed by atoms with van der Waals surface area (Å²) in [4.78, 5) is 46.4. The molecule has 4 rings (SSSR count). The highest BCUT2D eigenvalue weighted by Crippen LogP contribution is 2.34. The van der Waals surface area contributed by atoms with E-state index in [0.717, 1.165) is 60.7 Å². The molecule has 0 N–H and O–H groups in total. The van der Waals surface area contributed by atoms with Gasteiger partial charge in [0.2, 0.25) is 11.5 Å². The van der Waals surface area contributed by atoms with Crippen molar-refractivity contribution < 1.29 is 42.4 Å². The van der Waals surface area contributed by atoms with Gasteiger partial charge in [0.1, 0.15) is 23.1 Å². The van der Waals surface area contributed by atoms with Gasteiger partial charge < -0.3 is 14.2 Å². The van der Waals surface area contributed by atoms with Crippen molar-refractivity contribution in [1.29, 1.82) is 0 Å². The molecule has 11 nitrogen and oxygen atoms in total. The number of esters is 2. The van der Waals surface area contributed by atoms with Crippen LogP contribution >= 0.6 is 0 Å². The molecular weight excluding hydrogens is 522 g/mol. The molecule has 0 atom stereocenters. The average Bonchev–Trinajstić information content (AvgIpc) is 2.91. The number of hydrogen-bond donors (Lipinski definition) is 0. The highest BCUT2D eigenvalue weighted by molar-refractivity contribution is 6.03. The Labute approximate surface area is 217 Å². The highest BCUT2D eigenvalue weighted by Gasteiger charge is 2.25. The Hall–Kier alpha value is -5.72. The minimum Gasteiger partial charge on any atom is -0.450 e. The van der Waals surface area contributed by atoms with Crippen molar-refractivity contribution in [2.75, 3.05) is 0 Å². The molecule has 0 aliphatic heterocycles. The highest BCUT2D eigenvalue weighted by atomic mass is 19.1. The molecule has 0 bridgehead atoms. The van der Waals surface area contributed by atoms with Gasteiger partial charge in [-0.1, -0.05) is 0 Å². The van der Waals surface area contributed by atoms with Crippen LogP contribution in [0.5, 0.6) is 23.0 Å². The summed E-state index contributed by atoms with van der Waals surface area (Å²) in [5.74, 6) is -3.96. The third-order valence-electron chi connectivity index (χ3n) is 5.05. The van der Waals surface area contributed by atoms with Crippen LogP contribution < -0.4 is 9.47 Å². The summed E-state index contributed by atoms with van der Waals surface area (Å²) in [6.45, 7) is 0. The van der Waals surface area contributed by atoms with Crippen LogP contribution in [0.4, 0.5) is 20.2 Å². The Morgan fingerprint density at radius 1 is 0.590 bits per heavy atom. The number of nitro benzene ring substituents is 2. The van der Waals surface area contributed by atoms with Crippen molar-refractivity contribution in [3.05, 3.63) is 128 Å². The number of carbonyl (C=O) groups is 2. The van der Waals surface area contributed by atoms with E-state index in [0.29, 0.717) is 0 Å². The van der Waals surface area contributed by atoms with E-state index >= 15 is 0 Å². The maximum atomic E-state index is 13.1. The fourth-order valence-corrected chi connectivity index (χ4v) is 3.21. The van der Waals surface area contributed by atoms with Crippen LogP contribution in [-0.2, 0) is 4.74 Å². The number of halogens is 2. The van der Waals surface area contributed by atoms with Crippen molar-refractivity contribution in [2.45, 2.75) is 0 Å². The maximum Gasteiger partial charge on any atom is 0.346 e. The van der Waals surface area contributed by atoms with Crippen LogP contribution in [0.2, 0.25) is 0 Å². The van der Waals surface area contributed by atoms with Gasteiger partial charge >= 0.3 is 23.3 Å². The van der Waals surface area contributed by atoms with Crippen molar-refractivity contribution in [1.82, 2.24) is 0 Å². The fraction of sp³-hybridized carbons (Fsp3) is 0. The van der Waals surface area contributed by atoms with Gasteiger partial charge in [0.05, 0.1) is 21.0 Å². The lowest BCUT2D eigenvalue weighted by molar-refractivity contribution is -0.385. The van der Waals surface area contributed by atoms with Gasteiger partial charge in [-0.05, 0) is 72.8 Å². The molecule has 0 radical (unpaired) electrons. The van der Waals surface area contributed by atoms with Crippen LogP contribution in [0.15, 0.2) is 84.9 Å². The molecule has 0 heterocycles. The van der Waals surface area contributed by atoms with Crippen LogP contribution in [0, 0.1) is 31.9 Å². The first-order valence-corrected chi connectivity index (χ1v) is 10.8. The van der Waals surface area contributed by atoms with Crippen molar-refractivity contribution >= 4 is 23.3 Å². The molecule has 0 unspecified atom stereocenters. The van der Waals surface area contributed by atoms with Crippen molar-refractivity contribution in [3.63, 3.8) is 0 Å². The number of nitro groups is 2. The zero-order valence-corrected chi connectivity index (χ0v) is 19.4. The first-order chi connectivity index (χ1) is 18.6. The third kappa shape index (κ3) is 6.35. The van der Waals surface area contributed by atoms with E-state index in [1.165, 1.54) is 24.3 Å². The molecular formula is C26H14F2N2O9. The van der Waals surface area contributed by atoms with Gasteiger partial charge in [0.25, 0.3) is 0 Å². The second-order valence-corrected chi connectivity index (χ2v) is 7.67. The van der Waals surface area contributed by atoms with E-state index in [9.17, 15) is 38.6 Å². The summed E-state index contributed by atoms with van der Waals surface area (Å²) >= 11 is 0. The number of carbonyl (C=O) groups excluding carboxylic acids is 2. The second-order valence-electron chi connectivity index (χ2n) is 7.67. The smallest absolute Gasteiger partial charge is 0.346 e. The molecule has 0 spiro atoms. The van der Waals surface area contributed by atoms with Gasteiger partial charge in [0.15, 0.2) is 0 Å². The molecule has 196 valence electrons. The van der Waals surface area contributed by atoms with Crippen molar-refractivity contribution in [3.8, 4) is 23.0 Å². The van der Waals surface area contributed by atoms with E-state index in [1.54, 1.807) is 0 Å². The summed E-state index contributed by atoms with van der Waals surface area (Å²) in [5.41, 5.74) is -2.04. The summed E-state index contributed by atoms with van der Waals surface area (Å²) < 4.78 is 41.7. The maximum absolute atomic E-state index is 13.1. The van der Waals surface area contributed by atoms with E-state index in [1.807, 2.05) is 0 Å². The fourth-order valence-electron chi connectivity index (χ4n) is 3.21. The summed E-state index contributed by atoms with van der Waals surface area (Å²) in [6, 6.07) is 15.3. The van der Waals surface area contributed by atoms with E-state index < -0.39 is 44.8 Å². The quantitative estimate of drug-likeness (QED) is 0.108.